The molecule has 4 aliphatic carbocycles. The van der Waals surface area contributed by atoms with E-state index in [9.17, 15) is 4.79 Å². The van der Waals surface area contributed by atoms with E-state index in [-0.39, 0.29) is 17.3 Å². The van der Waals surface area contributed by atoms with Crippen LogP contribution in [0.15, 0.2) is 23.3 Å². The summed E-state index contributed by atoms with van der Waals surface area (Å²) in [5.74, 6) is 2.15. The predicted octanol–water partition coefficient (Wildman–Crippen LogP) is 5.68. The highest BCUT2D eigenvalue weighted by atomic mass is 16.5. The van der Waals surface area contributed by atoms with Crippen molar-refractivity contribution < 1.29 is 9.53 Å². The zero-order valence-electron chi connectivity index (χ0n) is 16.9. The maximum atomic E-state index is 12.5. The van der Waals surface area contributed by atoms with Crippen molar-refractivity contribution in [2.45, 2.75) is 72.6 Å². The molecule has 3 fully saturated rings. The van der Waals surface area contributed by atoms with Gasteiger partial charge >= 0.3 is 5.97 Å². The van der Waals surface area contributed by atoms with Crippen LogP contribution in [-0.2, 0) is 9.53 Å². The number of ether oxygens (including phenoxy) is 1. The lowest BCUT2D eigenvalue weighted by atomic mass is 9.42. The highest BCUT2D eigenvalue weighted by Gasteiger charge is 2.60. The fourth-order valence-corrected chi connectivity index (χ4v) is 8.20. The summed E-state index contributed by atoms with van der Waals surface area (Å²) < 4.78 is 5.46. The lowest BCUT2D eigenvalue weighted by Gasteiger charge is -2.62. The summed E-state index contributed by atoms with van der Waals surface area (Å²) in [5.41, 5.74) is 3.97. The molecule has 0 aromatic rings. The Balaban J connectivity index is 1.56. The molecule has 0 amide bonds. The van der Waals surface area contributed by atoms with Crippen LogP contribution in [0, 0.1) is 39.9 Å². The molecule has 0 spiro atoms. The number of esters is 1. The van der Waals surface area contributed by atoms with Gasteiger partial charge in [0, 0.05) is 0 Å². The molecule has 5 rings (SSSR count). The summed E-state index contributed by atoms with van der Waals surface area (Å²) in [6, 6.07) is 0. The van der Waals surface area contributed by atoms with Crippen molar-refractivity contribution in [3.05, 3.63) is 23.3 Å². The normalized spacial score (nSPS) is 49.0. The molecule has 0 bridgehead atoms. The van der Waals surface area contributed by atoms with Gasteiger partial charge in [-0.3, -0.25) is 4.79 Å². The number of hydrogen-bond acceptors (Lipinski definition) is 2. The SMILES string of the molecule is CC1(C)CCC[C@]2(C)[C@H]3CC[C@]4(C)[C@H]5C(=O)OCC5=CC[C@H]4C3=CC[C@@H]12. The molecule has 2 heteroatoms. The van der Waals surface area contributed by atoms with E-state index < -0.39 is 0 Å². The fourth-order valence-electron chi connectivity index (χ4n) is 8.20. The van der Waals surface area contributed by atoms with E-state index in [1.807, 2.05) is 0 Å². The van der Waals surface area contributed by atoms with Crippen LogP contribution in [0.4, 0.5) is 0 Å². The molecule has 2 nitrogen and oxygen atoms in total. The first-order chi connectivity index (χ1) is 12.3. The molecule has 26 heavy (non-hydrogen) atoms. The Labute approximate surface area is 158 Å². The van der Waals surface area contributed by atoms with Crippen molar-refractivity contribution in [1.29, 1.82) is 0 Å². The van der Waals surface area contributed by atoms with Gasteiger partial charge in [0.25, 0.3) is 0 Å². The van der Waals surface area contributed by atoms with Crippen LogP contribution < -0.4 is 0 Å². The van der Waals surface area contributed by atoms with Gasteiger partial charge in [-0.2, -0.15) is 0 Å². The van der Waals surface area contributed by atoms with Crippen LogP contribution in [-0.4, -0.2) is 12.6 Å². The van der Waals surface area contributed by atoms with Gasteiger partial charge in [0.2, 0.25) is 0 Å². The molecule has 0 aromatic heterocycles. The van der Waals surface area contributed by atoms with Gasteiger partial charge in [0.05, 0.1) is 5.92 Å². The summed E-state index contributed by atoms with van der Waals surface area (Å²) in [7, 11) is 0. The molecule has 1 heterocycles. The molecule has 142 valence electrons. The van der Waals surface area contributed by atoms with Gasteiger partial charge in [0.15, 0.2) is 0 Å². The minimum atomic E-state index is 0.0245. The topological polar surface area (TPSA) is 26.3 Å². The first kappa shape index (κ1) is 17.1. The first-order valence-corrected chi connectivity index (χ1v) is 10.8. The number of carbonyl (C=O) groups excluding carboxylic acids is 1. The predicted molar refractivity (Wildman–Crippen MR) is 103 cm³/mol. The van der Waals surface area contributed by atoms with Crippen LogP contribution in [0.5, 0.6) is 0 Å². The van der Waals surface area contributed by atoms with E-state index in [0.717, 1.165) is 18.3 Å². The number of fused-ring (bicyclic) bond motifs is 7. The largest absolute Gasteiger partial charge is 0.461 e. The van der Waals surface area contributed by atoms with Crippen molar-refractivity contribution in [3.63, 3.8) is 0 Å². The summed E-state index contributed by atoms with van der Waals surface area (Å²) in [6.07, 6.45) is 13.9. The van der Waals surface area contributed by atoms with Gasteiger partial charge in [-0.1, -0.05) is 51.8 Å². The molecule has 1 aliphatic heterocycles. The molecule has 1 saturated heterocycles. The van der Waals surface area contributed by atoms with Gasteiger partial charge in [-0.15, -0.1) is 0 Å². The van der Waals surface area contributed by atoms with Gasteiger partial charge in [-0.05, 0) is 78.1 Å². The molecule has 5 aliphatic rings. The Morgan fingerprint density at radius 2 is 1.77 bits per heavy atom. The van der Waals surface area contributed by atoms with Gasteiger partial charge in [0.1, 0.15) is 6.61 Å². The highest BCUT2D eigenvalue weighted by Crippen LogP contribution is 2.67. The van der Waals surface area contributed by atoms with E-state index in [4.69, 9.17) is 4.74 Å². The number of carbonyl (C=O) groups is 1. The van der Waals surface area contributed by atoms with Crippen LogP contribution in [0.1, 0.15) is 72.6 Å². The molecule has 0 aromatic carbocycles. The third-order valence-corrected chi connectivity index (χ3v) is 9.50. The van der Waals surface area contributed by atoms with Gasteiger partial charge < -0.3 is 4.74 Å². The average Bonchev–Trinajstić information content (AvgIpc) is 2.95. The number of allylic oxidation sites excluding steroid dienone is 3. The van der Waals surface area contributed by atoms with Crippen LogP contribution in [0.3, 0.4) is 0 Å². The summed E-state index contributed by atoms with van der Waals surface area (Å²) in [5, 5.41) is 0. The average molecular weight is 355 g/mol. The number of cyclic esters (lactones) is 1. The second kappa shape index (κ2) is 5.26. The Hall–Kier alpha value is -1.05. The van der Waals surface area contributed by atoms with Crippen molar-refractivity contribution in [2.75, 3.05) is 6.61 Å². The van der Waals surface area contributed by atoms with Crippen molar-refractivity contribution in [3.8, 4) is 0 Å². The zero-order valence-corrected chi connectivity index (χ0v) is 16.9. The quantitative estimate of drug-likeness (QED) is 0.413. The molecule has 0 N–H and O–H groups in total. The van der Waals surface area contributed by atoms with E-state index in [2.05, 4.69) is 39.8 Å². The minimum absolute atomic E-state index is 0.0245. The maximum absolute atomic E-state index is 12.5. The van der Waals surface area contributed by atoms with Crippen LogP contribution in [0.2, 0.25) is 0 Å². The summed E-state index contributed by atoms with van der Waals surface area (Å²) in [6.45, 7) is 10.5. The Morgan fingerprint density at radius 1 is 0.962 bits per heavy atom. The lowest BCUT2D eigenvalue weighted by molar-refractivity contribution is -0.146. The first-order valence-electron chi connectivity index (χ1n) is 10.8. The van der Waals surface area contributed by atoms with Crippen molar-refractivity contribution in [2.24, 2.45) is 39.9 Å². The molecule has 0 radical (unpaired) electrons. The van der Waals surface area contributed by atoms with Crippen molar-refractivity contribution >= 4 is 5.97 Å². The zero-order chi connectivity index (χ0) is 18.3. The Kier molecular flexibility index (Phi) is 3.46. The van der Waals surface area contributed by atoms with E-state index in [1.54, 1.807) is 5.57 Å². The third-order valence-electron chi connectivity index (χ3n) is 9.50. The molecular formula is C24H34O2. The molecule has 2 saturated carbocycles. The lowest BCUT2D eigenvalue weighted by Crippen LogP contribution is -2.54. The molecular weight excluding hydrogens is 320 g/mol. The van der Waals surface area contributed by atoms with E-state index in [0.29, 0.717) is 23.4 Å². The number of rotatable bonds is 0. The fraction of sp³-hybridized carbons (Fsp3) is 0.792. The smallest absolute Gasteiger partial charge is 0.314 e. The second-order valence-electron chi connectivity index (χ2n) is 11.0. The van der Waals surface area contributed by atoms with Gasteiger partial charge in [-0.25, -0.2) is 0 Å². The monoisotopic (exact) mass is 354 g/mol. The standard InChI is InChI=1S/C24H34O2/c1-22(2)11-5-12-23(3)18-10-13-24(4)17(16(18)7-9-19(22)23)8-6-15-14-26-21(25)20(15)24/h6-7,17-20H,5,8-14H2,1-4H3/t17-,18-,19-,20+,23+,24-/m0/s1. The number of hydrogen-bond donors (Lipinski definition) is 0. The van der Waals surface area contributed by atoms with E-state index >= 15 is 0 Å². The van der Waals surface area contributed by atoms with Crippen LogP contribution in [0.25, 0.3) is 0 Å². The Bertz CT molecular complexity index is 714. The summed E-state index contributed by atoms with van der Waals surface area (Å²) >= 11 is 0. The van der Waals surface area contributed by atoms with Crippen LogP contribution >= 0.6 is 0 Å². The minimum Gasteiger partial charge on any atom is -0.461 e. The van der Waals surface area contributed by atoms with Crippen molar-refractivity contribution in [1.82, 2.24) is 0 Å². The molecule has 0 unspecified atom stereocenters. The molecule has 6 atom stereocenters. The maximum Gasteiger partial charge on any atom is 0.314 e. The van der Waals surface area contributed by atoms with E-state index in [1.165, 1.54) is 44.1 Å². The third kappa shape index (κ3) is 2.02. The second-order valence-corrected chi connectivity index (χ2v) is 11.0. The summed E-state index contributed by atoms with van der Waals surface area (Å²) in [4.78, 5) is 12.5. The highest BCUT2D eigenvalue weighted by molar-refractivity contribution is 5.80. The Morgan fingerprint density at radius 3 is 2.58 bits per heavy atom.